The summed E-state index contributed by atoms with van der Waals surface area (Å²) in [5.74, 6) is 1.21. The third kappa shape index (κ3) is 5.25. The van der Waals surface area contributed by atoms with Crippen LogP contribution in [0.4, 0.5) is 4.39 Å². The minimum Gasteiger partial charge on any atom is -0.496 e. The first kappa shape index (κ1) is 17.3. The van der Waals surface area contributed by atoms with Crippen molar-refractivity contribution in [2.24, 2.45) is 4.99 Å². The van der Waals surface area contributed by atoms with E-state index in [9.17, 15) is 4.39 Å². The Bertz CT molecular complexity index is 691. The maximum atomic E-state index is 13.2. The number of aliphatic imine (C=N–C) groups is 1. The molecule has 0 saturated carbocycles. The van der Waals surface area contributed by atoms with Gasteiger partial charge in [0.1, 0.15) is 11.6 Å². The van der Waals surface area contributed by atoms with Crippen LogP contribution in [0, 0.1) is 5.82 Å². The molecule has 23 heavy (non-hydrogen) atoms. The predicted octanol–water partition coefficient (Wildman–Crippen LogP) is 3.46. The maximum Gasteiger partial charge on any atom is 0.191 e. The second kappa shape index (κ2) is 8.53. The van der Waals surface area contributed by atoms with Gasteiger partial charge in [0.05, 0.1) is 11.6 Å². The molecule has 0 amide bonds. The Labute approximate surface area is 143 Å². The lowest BCUT2D eigenvalue weighted by atomic mass is 10.2. The summed E-state index contributed by atoms with van der Waals surface area (Å²) in [5, 5.41) is 6.37. The highest BCUT2D eigenvalue weighted by Gasteiger charge is 2.03. The molecule has 6 heteroatoms. The first-order chi connectivity index (χ1) is 11.1. The van der Waals surface area contributed by atoms with E-state index in [1.165, 1.54) is 12.1 Å². The van der Waals surface area contributed by atoms with Crippen LogP contribution >= 0.6 is 15.9 Å². The molecule has 2 rings (SSSR count). The zero-order valence-corrected chi connectivity index (χ0v) is 14.7. The number of methoxy groups -OCH3 is 1. The highest BCUT2D eigenvalue weighted by molar-refractivity contribution is 9.10. The summed E-state index contributed by atoms with van der Waals surface area (Å²) in [6.45, 7) is 1.12. The number of rotatable bonds is 5. The summed E-state index contributed by atoms with van der Waals surface area (Å²) in [7, 11) is 3.33. The van der Waals surface area contributed by atoms with Crippen molar-refractivity contribution in [3.05, 3.63) is 63.9 Å². The zero-order valence-electron chi connectivity index (χ0n) is 13.1. The fourth-order valence-electron chi connectivity index (χ4n) is 2.06. The highest BCUT2D eigenvalue weighted by atomic mass is 79.9. The lowest BCUT2D eigenvalue weighted by Crippen LogP contribution is -2.36. The molecule has 2 aromatic rings. The molecule has 0 heterocycles. The Morgan fingerprint density at radius 2 is 1.83 bits per heavy atom. The van der Waals surface area contributed by atoms with Gasteiger partial charge in [0.15, 0.2) is 5.96 Å². The van der Waals surface area contributed by atoms with Crippen LogP contribution in [-0.2, 0) is 13.1 Å². The lowest BCUT2D eigenvalue weighted by molar-refractivity contribution is 0.412. The van der Waals surface area contributed by atoms with Gasteiger partial charge in [-0.05, 0) is 51.3 Å². The predicted molar refractivity (Wildman–Crippen MR) is 94.1 cm³/mol. The molecule has 2 aromatic carbocycles. The summed E-state index contributed by atoms with van der Waals surface area (Å²) in [5.41, 5.74) is 1.95. The van der Waals surface area contributed by atoms with E-state index in [2.05, 4.69) is 31.6 Å². The Morgan fingerprint density at radius 3 is 2.39 bits per heavy atom. The van der Waals surface area contributed by atoms with Gasteiger partial charge >= 0.3 is 0 Å². The molecule has 0 aliphatic heterocycles. The van der Waals surface area contributed by atoms with Crippen molar-refractivity contribution in [1.29, 1.82) is 0 Å². The standard InChI is InChI=1S/C17H19BrFN3O/c1-20-17(21-10-12-4-3-5-14(19)8-12)22-11-13-6-7-16(23-2)15(18)9-13/h3-9H,10-11H2,1-2H3,(H2,20,21,22). The van der Waals surface area contributed by atoms with Crippen LogP contribution in [0.2, 0.25) is 0 Å². The fourth-order valence-corrected chi connectivity index (χ4v) is 2.65. The van der Waals surface area contributed by atoms with E-state index in [0.717, 1.165) is 21.3 Å². The molecular weight excluding hydrogens is 361 g/mol. The fraction of sp³-hybridized carbons (Fsp3) is 0.235. The number of guanidine groups is 1. The monoisotopic (exact) mass is 379 g/mol. The zero-order chi connectivity index (χ0) is 16.7. The van der Waals surface area contributed by atoms with Gasteiger partial charge < -0.3 is 15.4 Å². The molecule has 0 bridgehead atoms. The average Bonchev–Trinajstić information content (AvgIpc) is 2.55. The van der Waals surface area contributed by atoms with E-state index in [4.69, 9.17) is 4.74 Å². The van der Waals surface area contributed by atoms with Crippen molar-refractivity contribution in [1.82, 2.24) is 10.6 Å². The normalized spacial score (nSPS) is 11.2. The molecule has 4 nitrogen and oxygen atoms in total. The quantitative estimate of drug-likeness (QED) is 0.617. The molecular formula is C17H19BrFN3O. The molecule has 0 saturated heterocycles. The van der Waals surface area contributed by atoms with Gasteiger partial charge in [-0.1, -0.05) is 18.2 Å². The molecule has 0 aromatic heterocycles. The smallest absolute Gasteiger partial charge is 0.191 e. The van der Waals surface area contributed by atoms with Crippen LogP contribution in [-0.4, -0.2) is 20.1 Å². The van der Waals surface area contributed by atoms with Crippen molar-refractivity contribution in [2.75, 3.05) is 14.2 Å². The van der Waals surface area contributed by atoms with Crippen LogP contribution in [0.1, 0.15) is 11.1 Å². The minimum absolute atomic E-state index is 0.240. The number of ether oxygens (including phenoxy) is 1. The molecule has 0 aliphatic carbocycles. The van der Waals surface area contributed by atoms with Crippen LogP contribution in [0.5, 0.6) is 5.75 Å². The average molecular weight is 380 g/mol. The van der Waals surface area contributed by atoms with Gasteiger partial charge in [0.2, 0.25) is 0 Å². The van der Waals surface area contributed by atoms with E-state index in [0.29, 0.717) is 19.0 Å². The number of hydrogen-bond acceptors (Lipinski definition) is 2. The van der Waals surface area contributed by atoms with Gasteiger partial charge in [0, 0.05) is 20.1 Å². The number of hydrogen-bond donors (Lipinski definition) is 2. The number of nitrogens with one attached hydrogen (secondary N) is 2. The van der Waals surface area contributed by atoms with Gasteiger partial charge in [-0.15, -0.1) is 0 Å². The molecule has 0 aliphatic rings. The molecule has 2 N–H and O–H groups in total. The highest BCUT2D eigenvalue weighted by Crippen LogP contribution is 2.25. The summed E-state index contributed by atoms with van der Waals surface area (Å²) in [6, 6.07) is 12.4. The molecule has 0 radical (unpaired) electrons. The summed E-state index contributed by atoms with van der Waals surface area (Å²) in [4.78, 5) is 4.16. The summed E-state index contributed by atoms with van der Waals surface area (Å²) in [6.07, 6.45) is 0. The SMILES string of the molecule is CN=C(NCc1cccc(F)c1)NCc1ccc(OC)c(Br)c1. The van der Waals surface area contributed by atoms with E-state index >= 15 is 0 Å². The van der Waals surface area contributed by atoms with Crippen LogP contribution in [0.25, 0.3) is 0 Å². The summed E-state index contributed by atoms with van der Waals surface area (Å²) < 4.78 is 19.3. The molecule has 0 atom stereocenters. The van der Waals surface area contributed by atoms with Crippen molar-refractivity contribution >= 4 is 21.9 Å². The van der Waals surface area contributed by atoms with E-state index in [1.807, 2.05) is 24.3 Å². The summed E-state index contributed by atoms with van der Waals surface area (Å²) >= 11 is 3.47. The third-order valence-corrected chi connectivity index (χ3v) is 3.87. The minimum atomic E-state index is -0.240. The van der Waals surface area contributed by atoms with Crippen molar-refractivity contribution in [3.8, 4) is 5.75 Å². The van der Waals surface area contributed by atoms with Gasteiger partial charge in [-0.3, -0.25) is 4.99 Å². The van der Waals surface area contributed by atoms with E-state index < -0.39 is 0 Å². The first-order valence-corrected chi connectivity index (χ1v) is 7.93. The van der Waals surface area contributed by atoms with Crippen LogP contribution in [0.15, 0.2) is 51.9 Å². The van der Waals surface area contributed by atoms with Crippen LogP contribution < -0.4 is 15.4 Å². The molecule has 0 fully saturated rings. The van der Waals surface area contributed by atoms with Crippen molar-refractivity contribution in [2.45, 2.75) is 13.1 Å². The Hall–Kier alpha value is -2.08. The number of nitrogens with zero attached hydrogens (tertiary/aromatic N) is 1. The lowest BCUT2D eigenvalue weighted by Gasteiger charge is -2.13. The maximum absolute atomic E-state index is 13.2. The number of benzene rings is 2. The van der Waals surface area contributed by atoms with Crippen LogP contribution in [0.3, 0.4) is 0 Å². The molecule has 0 unspecified atom stereocenters. The van der Waals surface area contributed by atoms with E-state index in [-0.39, 0.29) is 5.82 Å². The van der Waals surface area contributed by atoms with Gasteiger partial charge in [0.25, 0.3) is 0 Å². The molecule has 122 valence electrons. The first-order valence-electron chi connectivity index (χ1n) is 7.13. The largest absolute Gasteiger partial charge is 0.496 e. The Kier molecular flexibility index (Phi) is 6.40. The second-order valence-corrected chi connectivity index (χ2v) is 5.73. The second-order valence-electron chi connectivity index (χ2n) is 4.88. The third-order valence-electron chi connectivity index (χ3n) is 3.25. The van der Waals surface area contributed by atoms with Crippen molar-refractivity contribution < 1.29 is 9.13 Å². The number of halogens is 2. The topological polar surface area (TPSA) is 45.7 Å². The van der Waals surface area contributed by atoms with Gasteiger partial charge in [-0.2, -0.15) is 0 Å². The Balaban J connectivity index is 1.89. The van der Waals surface area contributed by atoms with E-state index in [1.54, 1.807) is 20.2 Å². The molecule has 0 spiro atoms. The van der Waals surface area contributed by atoms with Gasteiger partial charge in [-0.25, -0.2) is 4.39 Å². The Morgan fingerprint density at radius 1 is 1.13 bits per heavy atom. The van der Waals surface area contributed by atoms with Crippen molar-refractivity contribution in [3.63, 3.8) is 0 Å².